The molecule has 0 fully saturated rings. The summed E-state index contributed by atoms with van der Waals surface area (Å²) >= 11 is 1.03. The highest BCUT2D eigenvalue weighted by Crippen LogP contribution is 2.34. The third-order valence-electron chi connectivity index (χ3n) is 2.95. The third kappa shape index (κ3) is 4.00. The van der Waals surface area contributed by atoms with E-state index in [1.165, 1.54) is 18.5 Å². The zero-order chi connectivity index (χ0) is 16.2. The second-order valence-electron chi connectivity index (χ2n) is 4.49. The van der Waals surface area contributed by atoms with Gasteiger partial charge in [0.05, 0.1) is 5.56 Å². The van der Waals surface area contributed by atoms with E-state index in [-0.39, 0.29) is 16.9 Å². The number of alkyl halides is 2. The fourth-order valence-electron chi connectivity index (χ4n) is 1.80. The molecule has 0 aliphatic rings. The molecule has 1 heterocycles. The van der Waals surface area contributed by atoms with Crippen molar-refractivity contribution < 1.29 is 23.1 Å². The van der Waals surface area contributed by atoms with Gasteiger partial charge in [0, 0.05) is 35.0 Å². The highest BCUT2D eigenvalue weighted by molar-refractivity contribution is 7.99. The number of nitrogens with zero attached hydrogens (tertiary/aromatic N) is 1. The maximum atomic E-state index is 14.0. The molecule has 7 heteroatoms. The highest BCUT2D eigenvalue weighted by atomic mass is 32.2. The predicted molar refractivity (Wildman–Crippen MR) is 76.8 cm³/mol. The van der Waals surface area contributed by atoms with Crippen molar-refractivity contribution >= 4 is 17.7 Å². The maximum Gasteiger partial charge on any atom is 0.338 e. The minimum atomic E-state index is -3.10. The van der Waals surface area contributed by atoms with Gasteiger partial charge in [-0.15, -0.1) is 11.8 Å². The van der Waals surface area contributed by atoms with E-state index < -0.39 is 24.1 Å². The van der Waals surface area contributed by atoms with Crippen LogP contribution >= 0.6 is 11.8 Å². The molecule has 116 valence electrons. The summed E-state index contributed by atoms with van der Waals surface area (Å²) in [5, 5.41) is 8.99. The average molecular weight is 327 g/mol. The number of hydrogen-bond donors (Lipinski definition) is 1. The van der Waals surface area contributed by atoms with Crippen molar-refractivity contribution in [3.05, 3.63) is 59.7 Å². The first-order chi connectivity index (χ1) is 10.4. The number of thioether (sulfide) groups is 1. The van der Waals surface area contributed by atoms with Crippen LogP contribution in [0.4, 0.5) is 13.2 Å². The molecule has 0 spiro atoms. The van der Waals surface area contributed by atoms with E-state index in [1.807, 2.05) is 0 Å². The minimum absolute atomic E-state index is 0.0161. The first-order valence-electron chi connectivity index (χ1n) is 6.34. The van der Waals surface area contributed by atoms with Gasteiger partial charge in [-0.3, -0.25) is 4.98 Å². The van der Waals surface area contributed by atoms with Crippen molar-refractivity contribution in [2.75, 3.05) is 5.75 Å². The van der Waals surface area contributed by atoms with Gasteiger partial charge in [-0.25, -0.2) is 18.0 Å². The van der Waals surface area contributed by atoms with Gasteiger partial charge in [0.1, 0.15) is 5.82 Å². The summed E-state index contributed by atoms with van der Waals surface area (Å²) < 4.78 is 40.7. The Bertz CT molecular complexity index is 662. The van der Waals surface area contributed by atoms with Crippen molar-refractivity contribution in [3.8, 4) is 0 Å². The number of hydrogen-bond acceptors (Lipinski definition) is 3. The summed E-state index contributed by atoms with van der Waals surface area (Å²) in [5.41, 5.74) is -0.278. The molecule has 2 rings (SSSR count). The van der Waals surface area contributed by atoms with Crippen molar-refractivity contribution in [3.63, 3.8) is 0 Å². The number of halogens is 3. The second-order valence-corrected chi connectivity index (χ2v) is 5.62. The summed E-state index contributed by atoms with van der Waals surface area (Å²) in [5.74, 6) is -4.80. The molecule has 1 aromatic carbocycles. The zero-order valence-corrected chi connectivity index (χ0v) is 12.1. The molecule has 0 aliphatic carbocycles. The molecule has 22 heavy (non-hydrogen) atoms. The quantitative estimate of drug-likeness (QED) is 0.808. The van der Waals surface area contributed by atoms with Gasteiger partial charge in [0.2, 0.25) is 0 Å². The SMILES string of the molecule is O=C(O)c1cnccc1SCCC(F)(F)c1ccc(F)cc1. The molecule has 0 atom stereocenters. The van der Waals surface area contributed by atoms with Crippen LogP contribution in [0.25, 0.3) is 0 Å². The second kappa shape index (κ2) is 6.83. The van der Waals surface area contributed by atoms with Gasteiger partial charge >= 0.3 is 5.97 Å². The number of aromatic carboxylic acids is 1. The largest absolute Gasteiger partial charge is 0.478 e. The van der Waals surface area contributed by atoms with Crippen LogP contribution in [0.2, 0.25) is 0 Å². The third-order valence-corrected chi connectivity index (χ3v) is 4.03. The van der Waals surface area contributed by atoms with Gasteiger partial charge in [-0.05, 0) is 18.2 Å². The van der Waals surface area contributed by atoms with Crippen molar-refractivity contribution in [1.82, 2.24) is 4.98 Å². The summed E-state index contributed by atoms with van der Waals surface area (Å²) in [7, 11) is 0. The normalized spacial score (nSPS) is 11.4. The molecule has 1 N–H and O–H groups in total. The molecule has 2 aromatic rings. The summed E-state index contributed by atoms with van der Waals surface area (Å²) in [4.78, 5) is 15.1. The molecule has 3 nitrogen and oxygen atoms in total. The number of aromatic nitrogens is 1. The summed E-state index contributed by atoms with van der Waals surface area (Å²) in [6.45, 7) is 0. The molecule has 1 aromatic heterocycles. The predicted octanol–water partition coefficient (Wildman–Crippen LogP) is 4.19. The van der Waals surface area contributed by atoms with E-state index >= 15 is 0 Å². The number of carboxylic acid groups (broad SMARTS) is 1. The van der Waals surface area contributed by atoms with Gasteiger partial charge in [-0.1, -0.05) is 12.1 Å². The average Bonchev–Trinajstić information content (AvgIpc) is 2.48. The molecule has 0 radical (unpaired) electrons. The topological polar surface area (TPSA) is 50.2 Å². The number of carboxylic acids is 1. The van der Waals surface area contributed by atoms with E-state index in [9.17, 15) is 18.0 Å². The van der Waals surface area contributed by atoms with Crippen LogP contribution in [0.15, 0.2) is 47.6 Å². The lowest BCUT2D eigenvalue weighted by Gasteiger charge is -2.16. The van der Waals surface area contributed by atoms with E-state index in [4.69, 9.17) is 5.11 Å². The van der Waals surface area contributed by atoms with E-state index in [2.05, 4.69) is 4.98 Å². The van der Waals surface area contributed by atoms with E-state index in [1.54, 1.807) is 0 Å². The minimum Gasteiger partial charge on any atom is -0.478 e. The Hall–Kier alpha value is -2.02. The lowest BCUT2D eigenvalue weighted by molar-refractivity contribution is -0.00706. The summed E-state index contributed by atoms with van der Waals surface area (Å²) in [6.07, 6.45) is 2.11. The number of carbonyl (C=O) groups is 1. The molecule has 0 unspecified atom stereocenters. The molecular weight excluding hydrogens is 315 g/mol. The van der Waals surface area contributed by atoms with Crippen molar-refractivity contribution in [2.24, 2.45) is 0 Å². The van der Waals surface area contributed by atoms with Crippen LogP contribution in [0.1, 0.15) is 22.3 Å². The number of benzene rings is 1. The summed E-state index contributed by atoms with van der Waals surface area (Å²) in [6, 6.07) is 5.55. The number of rotatable bonds is 6. The zero-order valence-electron chi connectivity index (χ0n) is 11.3. The van der Waals surface area contributed by atoms with Crippen LogP contribution in [-0.2, 0) is 5.92 Å². The molecule has 0 saturated carbocycles. The van der Waals surface area contributed by atoms with Crippen molar-refractivity contribution in [1.29, 1.82) is 0 Å². The lowest BCUT2D eigenvalue weighted by atomic mass is 10.1. The van der Waals surface area contributed by atoms with E-state index in [0.29, 0.717) is 4.90 Å². The first kappa shape index (κ1) is 16.4. The van der Waals surface area contributed by atoms with Crippen LogP contribution in [0.3, 0.4) is 0 Å². The van der Waals surface area contributed by atoms with E-state index in [0.717, 1.165) is 36.0 Å². The van der Waals surface area contributed by atoms with Gasteiger partial charge in [0.15, 0.2) is 0 Å². The van der Waals surface area contributed by atoms with Crippen molar-refractivity contribution in [2.45, 2.75) is 17.2 Å². The van der Waals surface area contributed by atoms with Gasteiger partial charge in [-0.2, -0.15) is 0 Å². The monoisotopic (exact) mass is 327 g/mol. The Morgan fingerprint density at radius 1 is 1.23 bits per heavy atom. The van der Waals surface area contributed by atoms with Gasteiger partial charge < -0.3 is 5.11 Å². The molecule has 0 bridgehead atoms. The fraction of sp³-hybridized carbons (Fsp3) is 0.200. The molecular formula is C15H12F3NO2S. The highest BCUT2D eigenvalue weighted by Gasteiger charge is 2.31. The molecule has 0 saturated heterocycles. The van der Waals surface area contributed by atoms with Gasteiger partial charge in [0.25, 0.3) is 5.92 Å². The van der Waals surface area contributed by atoms with Crippen LogP contribution in [0, 0.1) is 5.82 Å². The smallest absolute Gasteiger partial charge is 0.338 e. The maximum absolute atomic E-state index is 14.0. The Morgan fingerprint density at radius 2 is 1.91 bits per heavy atom. The van der Waals surface area contributed by atoms with Crippen LogP contribution in [0.5, 0.6) is 0 Å². The van der Waals surface area contributed by atoms with Crippen LogP contribution < -0.4 is 0 Å². The lowest BCUT2D eigenvalue weighted by Crippen LogP contribution is -2.14. The first-order valence-corrected chi connectivity index (χ1v) is 7.33. The Morgan fingerprint density at radius 3 is 2.55 bits per heavy atom. The number of pyridine rings is 1. The molecule has 0 amide bonds. The standard InChI is InChI=1S/C15H12F3NO2S/c16-11-3-1-10(2-4-11)15(17,18)6-8-22-13-5-7-19-9-12(13)14(20)21/h1-5,7,9H,6,8H2,(H,20,21). The Labute approximate surface area is 129 Å². The fourth-order valence-corrected chi connectivity index (χ4v) is 2.83. The Kier molecular flexibility index (Phi) is 5.07. The Balaban J connectivity index is 2.01. The van der Waals surface area contributed by atoms with Crippen LogP contribution in [-0.4, -0.2) is 21.8 Å². The molecule has 0 aliphatic heterocycles.